The highest BCUT2D eigenvalue weighted by atomic mass is 16.6. The first-order chi connectivity index (χ1) is 42.1. The molecular weight excluding hydrogens is 1110 g/mol. The van der Waals surface area contributed by atoms with Crippen LogP contribution in [0.3, 0.4) is 0 Å². The number of ether oxygens (including phenoxy) is 8. The Hall–Kier alpha value is -8.48. The van der Waals surface area contributed by atoms with Gasteiger partial charge in [-0.2, -0.15) is 0 Å². The van der Waals surface area contributed by atoms with Crippen LogP contribution in [0.15, 0.2) is 121 Å². The van der Waals surface area contributed by atoms with Gasteiger partial charge in [-0.25, -0.2) is 19.6 Å². The van der Waals surface area contributed by atoms with E-state index in [0.717, 1.165) is 55.5 Å². The molecule has 0 unspecified atom stereocenters. The first-order valence-electron chi connectivity index (χ1n) is 29.4. The van der Waals surface area contributed by atoms with Crippen molar-refractivity contribution in [2.24, 2.45) is 0 Å². The van der Waals surface area contributed by atoms with Crippen molar-refractivity contribution >= 4 is 69.9 Å². The number of H-pyrrole nitrogens is 2. The van der Waals surface area contributed by atoms with Gasteiger partial charge in [-0.05, 0) is 163 Å². The molecule has 88 heavy (non-hydrogen) atoms. The fourth-order valence-electron chi connectivity index (χ4n) is 10.3. The Labute approximate surface area is 514 Å². The number of fused-ring (bicyclic) bond motifs is 8. The van der Waals surface area contributed by atoms with Gasteiger partial charge in [-0.15, -0.1) is 0 Å². The van der Waals surface area contributed by atoms with Gasteiger partial charge in [-0.1, -0.05) is 72.8 Å². The summed E-state index contributed by atoms with van der Waals surface area (Å²) in [4.78, 5) is 73.1. The number of esters is 2. The Bertz CT molecular complexity index is 3670. The zero-order chi connectivity index (χ0) is 63.0. The van der Waals surface area contributed by atoms with Crippen molar-refractivity contribution in [2.75, 3.05) is 68.1 Å². The Morgan fingerprint density at radius 3 is 0.898 bits per heavy atom. The lowest BCUT2D eigenvalue weighted by molar-refractivity contribution is -0.0457. The van der Waals surface area contributed by atoms with Crippen LogP contribution in [0.1, 0.15) is 132 Å². The molecule has 2 N–H and O–H groups in total. The number of carbonyl (C=O) groups excluding carboxylic acids is 4. The van der Waals surface area contributed by atoms with Crippen molar-refractivity contribution in [2.45, 2.75) is 90.6 Å². The lowest BCUT2D eigenvalue weighted by Gasteiger charge is -2.28. The number of ketones is 2. The Balaban J connectivity index is 1.27. The molecule has 0 saturated carbocycles. The summed E-state index contributed by atoms with van der Waals surface area (Å²) in [7, 11) is 6.42. The van der Waals surface area contributed by atoms with Crippen molar-refractivity contribution in [3.63, 3.8) is 0 Å². The van der Waals surface area contributed by atoms with Gasteiger partial charge in [0.25, 0.3) is 0 Å². The molecular formula is C72H78N4O12. The van der Waals surface area contributed by atoms with Crippen LogP contribution in [0.4, 0.5) is 0 Å². The van der Waals surface area contributed by atoms with Gasteiger partial charge in [-0.3, -0.25) is 9.59 Å². The van der Waals surface area contributed by atoms with E-state index in [1.54, 1.807) is 80.4 Å². The number of aromatic amines is 2. The number of nitrogens with zero attached hydrogens (tertiary/aromatic N) is 2. The summed E-state index contributed by atoms with van der Waals surface area (Å²) in [5.74, 6) is -1.29. The third-order valence-corrected chi connectivity index (χ3v) is 16.0. The topological polar surface area (TPSA) is 199 Å². The van der Waals surface area contributed by atoms with E-state index in [4.69, 9.17) is 47.9 Å². The summed E-state index contributed by atoms with van der Waals surface area (Å²) < 4.78 is 44.8. The molecule has 0 saturated heterocycles. The SMILES string of the molecule is COCCOC(=O)c1ccc(-c2c3nc(c(-c4ccc(C(=O)C(C)(C)OCCC(C)(C)OC)cc4)c4ccc([nH]4)c(-c4ccc(C(=O)C(C)(C)OCCC(C)(C)OC)cc4)c4nc(c(-c5ccc(C(=O)OCCOC)cc5)c5ccc2[nH]5)C=C4)C=C3)cc1. The highest BCUT2D eigenvalue weighted by Crippen LogP contribution is 2.40. The molecule has 0 spiro atoms. The van der Waals surface area contributed by atoms with E-state index in [0.29, 0.717) is 82.1 Å². The van der Waals surface area contributed by atoms with Gasteiger partial charge in [0.2, 0.25) is 0 Å². The van der Waals surface area contributed by atoms with E-state index >= 15 is 0 Å². The van der Waals surface area contributed by atoms with Crippen molar-refractivity contribution < 1.29 is 57.1 Å². The quantitative estimate of drug-likeness (QED) is 0.0295. The molecule has 16 heteroatoms. The smallest absolute Gasteiger partial charge is 0.338 e. The first kappa shape index (κ1) is 64.0. The standard InChI is InChI=1S/C72H78N4O12/c1-69(2,83-11)37-39-87-71(5,6)65(77)49-21-13-45(14-22-49)61-53-29-30-54(73-53)62(46-15-23-50(24-16-46)66(78)72(7,8)88-40-38-70(3,4)84-12)56-32-34-58(75-56)64(48-19-27-52(28-20-48)68(80)86-44-42-82-10)60-36-35-59(76-60)63(57-33-31-55(61)74-57)47-17-25-51(26-18-47)67(79)85-43-41-81-9/h13-36,73,76H,37-44H2,1-12H3. The number of benzene rings is 4. The molecule has 0 atom stereocenters. The third kappa shape index (κ3) is 14.7. The average Bonchev–Trinajstić information content (AvgIpc) is 1.79. The summed E-state index contributed by atoms with van der Waals surface area (Å²) in [5.41, 5.74) is 10.0. The number of hydrogen-bond acceptors (Lipinski definition) is 14. The average molecular weight is 1190 g/mol. The predicted octanol–water partition coefficient (Wildman–Crippen LogP) is 14.5. The van der Waals surface area contributed by atoms with E-state index in [2.05, 4.69) is 9.97 Å². The molecule has 9 rings (SSSR count). The molecule has 0 fully saturated rings. The van der Waals surface area contributed by atoms with Crippen LogP contribution in [-0.4, -0.2) is 134 Å². The number of aromatic nitrogens is 4. The zero-order valence-corrected chi connectivity index (χ0v) is 52.3. The zero-order valence-electron chi connectivity index (χ0n) is 52.3. The van der Waals surface area contributed by atoms with Crippen LogP contribution in [0.2, 0.25) is 0 Å². The van der Waals surface area contributed by atoms with Gasteiger partial charge in [0.15, 0.2) is 11.6 Å². The van der Waals surface area contributed by atoms with Gasteiger partial charge in [0.1, 0.15) is 24.4 Å². The molecule has 3 aromatic heterocycles. The predicted molar refractivity (Wildman–Crippen MR) is 345 cm³/mol. The summed E-state index contributed by atoms with van der Waals surface area (Å²) in [6.07, 6.45) is 9.08. The Kier molecular flexibility index (Phi) is 19.8. The van der Waals surface area contributed by atoms with Crippen molar-refractivity contribution in [3.8, 4) is 44.5 Å². The molecule has 2 aliphatic rings. The van der Waals surface area contributed by atoms with Gasteiger partial charge >= 0.3 is 11.9 Å². The number of hydrogen-bond donors (Lipinski definition) is 2. The molecule has 458 valence electrons. The Morgan fingerprint density at radius 2 is 0.636 bits per heavy atom. The van der Waals surface area contributed by atoms with E-state index in [-0.39, 0.29) is 38.0 Å². The van der Waals surface area contributed by atoms with Crippen LogP contribution in [0.25, 0.3) is 90.9 Å². The molecule has 5 heterocycles. The fourth-order valence-corrected chi connectivity index (χ4v) is 10.3. The van der Waals surface area contributed by atoms with Gasteiger partial charge < -0.3 is 47.9 Å². The maximum Gasteiger partial charge on any atom is 0.338 e. The van der Waals surface area contributed by atoms with Gasteiger partial charge in [0.05, 0.1) is 71.5 Å². The lowest BCUT2D eigenvalue weighted by atomic mass is 9.94. The number of carbonyl (C=O) groups is 4. The van der Waals surface area contributed by atoms with Crippen LogP contribution in [0, 0.1) is 0 Å². The molecule has 7 aromatic rings. The lowest BCUT2D eigenvalue weighted by Crippen LogP contribution is -2.37. The van der Waals surface area contributed by atoms with Crippen LogP contribution in [0.5, 0.6) is 0 Å². The Morgan fingerprint density at radius 1 is 0.364 bits per heavy atom. The largest absolute Gasteiger partial charge is 0.460 e. The monoisotopic (exact) mass is 1190 g/mol. The minimum atomic E-state index is -1.12. The molecule has 0 radical (unpaired) electrons. The normalized spacial score (nSPS) is 12.6. The maximum absolute atomic E-state index is 14.2. The van der Waals surface area contributed by atoms with E-state index in [1.165, 1.54) is 0 Å². The summed E-state index contributed by atoms with van der Waals surface area (Å²) >= 11 is 0. The van der Waals surface area contributed by atoms with E-state index in [9.17, 15) is 19.2 Å². The third-order valence-electron chi connectivity index (χ3n) is 16.0. The summed E-state index contributed by atoms with van der Waals surface area (Å²) in [5, 5.41) is 0. The molecule has 0 aliphatic carbocycles. The van der Waals surface area contributed by atoms with Crippen molar-refractivity contribution in [3.05, 3.63) is 166 Å². The fraction of sp³-hybridized carbons (Fsp3) is 0.333. The number of nitrogens with one attached hydrogen (secondary N) is 2. The maximum atomic E-state index is 14.2. The summed E-state index contributed by atoms with van der Waals surface area (Å²) in [6.45, 7) is 16.5. The van der Waals surface area contributed by atoms with Crippen LogP contribution < -0.4 is 0 Å². The second-order valence-corrected chi connectivity index (χ2v) is 23.9. The number of Topliss-reactive ketones (excluding diaryl/α,β-unsaturated/α-hetero) is 2. The first-order valence-corrected chi connectivity index (χ1v) is 29.4. The van der Waals surface area contributed by atoms with Crippen molar-refractivity contribution in [1.29, 1.82) is 0 Å². The van der Waals surface area contributed by atoms with E-state index in [1.807, 2.05) is 149 Å². The second kappa shape index (κ2) is 27.3. The molecule has 2 aliphatic heterocycles. The van der Waals surface area contributed by atoms with Crippen LogP contribution in [-0.2, 0) is 37.9 Å². The van der Waals surface area contributed by atoms with E-state index < -0.39 is 34.3 Å². The minimum Gasteiger partial charge on any atom is -0.460 e. The highest BCUT2D eigenvalue weighted by molar-refractivity contribution is 6.05. The highest BCUT2D eigenvalue weighted by Gasteiger charge is 2.33. The number of methoxy groups -OCH3 is 4. The molecule has 16 nitrogen and oxygen atoms in total. The molecule has 0 amide bonds. The van der Waals surface area contributed by atoms with Gasteiger partial charge in [0, 0.05) is 83.9 Å². The number of rotatable bonds is 26. The van der Waals surface area contributed by atoms with Crippen LogP contribution >= 0.6 is 0 Å². The molecule has 8 bridgehead atoms. The second-order valence-electron chi connectivity index (χ2n) is 23.9. The minimum absolute atomic E-state index is 0.110. The summed E-state index contributed by atoms with van der Waals surface area (Å²) in [6, 6.07) is 37.4. The van der Waals surface area contributed by atoms with Crippen molar-refractivity contribution in [1.82, 2.24) is 19.9 Å². The molecule has 4 aromatic carbocycles.